The number of ether oxygens (including phenoxy) is 2. The van der Waals surface area contributed by atoms with Gasteiger partial charge in [-0.3, -0.25) is 9.69 Å². The smallest absolute Gasteiger partial charge is 0.331 e. The zero-order chi connectivity index (χ0) is 20.8. The number of imide groups is 1. The molecular weight excluding hydrogens is 360 g/mol. The second kappa shape index (κ2) is 9.47. The standard InChI is InChI=1S/C17H26N2O8/c1-5-11(20)9-19-16(25)18(15(24)17(19,2)3)8-12(21)10-27-14(23)7-6-13(22)26-4/h6-7,11-12,20-21H,5,8-10H2,1-4H3/b7-6+. The average molecular weight is 386 g/mol. The molecule has 2 atom stereocenters. The van der Waals surface area contributed by atoms with Gasteiger partial charge in [-0.05, 0) is 20.3 Å². The molecule has 1 aliphatic heterocycles. The van der Waals surface area contributed by atoms with Gasteiger partial charge in [-0.1, -0.05) is 6.92 Å². The van der Waals surface area contributed by atoms with E-state index in [1.807, 2.05) is 0 Å². The number of methoxy groups -OCH3 is 1. The van der Waals surface area contributed by atoms with Crippen LogP contribution in [-0.4, -0.2) is 88.4 Å². The number of amides is 3. The Bertz CT molecular complexity index is 616. The zero-order valence-electron chi connectivity index (χ0n) is 15.9. The molecule has 1 rings (SSSR count). The Kier molecular flexibility index (Phi) is 7.92. The third kappa shape index (κ3) is 5.76. The van der Waals surface area contributed by atoms with Crippen molar-refractivity contribution in [1.29, 1.82) is 0 Å². The molecule has 1 heterocycles. The topological polar surface area (TPSA) is 134 Å². The Hall–Kier alpha value is -2.46. The zero-order valence-corrected chi connectivity index (χ0v) is 15.9. The van der Waals surface area contributed by atoms with E-state index in [4.69, 9.17) is 4.74 Å². The van der Waals surface area contributed by atoms with Crippen molar-refractivity contribution in [1.82, 2.24) is 9.80 Å². The number of esters is 2. The maximum Gasteiger partial charge on any atom is 0.331 e. The molecule has 0 aromatic heterocycles. The van der Waals surface area contributed by atoms with Crippen LogP contribution in [0.3, 0.4) is 0 Å². The van der Waals surface area contributed by atoms with E-state index >= 15 is 0 Å². The van der Waals surface area contributed by atoms with Crippen LogP contribution < -0.4 is 0 Å². The SMILES string of the molecule is CCC(O)CN1C(=O)N(CC(O)COC(=O)/C=C/C(=O)OC)C(=O)C1(C)C. The third-order valence-corrected chi connectivity index (χ3v) is 4.14. The van der Waals surface area contributed by atoms with Crippen molar-refractivity contribution >= 4 is 23.9 Å². The van der Waals surface area contributed by atoms with Crippen LogP contribution in [0.5, 0.6) is 0 Å². The number of aliphatic hydroxyl groups excluding tert-OH is 2. The van der Waals surface area contributed by atoms with E-state index in [0.29, 0.717) is 6.42 Å². The summed E-state index contributed by atoms with van der Waals surface area (Å²) in [6, 6.07) is -0.631. The minimum atomic E-state index is -1.31. The highest BCUT2D eigenvalue weighted by Gasteiger charge is 2.51. The largest absolute Gasteiger partial charge is 0.466 e. The van der Waals surface area contributed by atoms with Crippen LogP contribution in [0.1, 0.15) is 27.2 Å². The number of carbonyl (C=O) groups is 4. The van der Waals surface area contributed by atoms with Gasteiger partial charge in [0.25, 0.3) is 5.91 Å². The summed E-state index contributed by atoms with van der Waals surface area (Å²) in [5, 5.41) is 19.8. The van der Waals surface area contributed by atoms with Gasteiger partial charge in [-0.25, -0.2) is 14.4 Å². The Morgan fingerprint density at radius 1 is 1.11 bits per heavy atom. The Morgan fingerprint density at radius 3 is 2.26 bits per heavy atom. The van der Waals surface area contributed by atoms with Crippen LogP contribution in [0.25, 0.3) is 0 Å². The highest BCUT2D eigenvalue weighted by atomic mass is 16.5. The van der Waals surface area contributed by atoms with Gasteiger partial charge < -0.3 is 24.6 Å². The quantitative estimate of drug-likeness (QED) is 0.306. The van der Waals surface area contributed by atoms with Gasteiger partial charge >= 0.3 is 18.0 Å². The van der Waals surface area contributed by atoms with E-state index in [1.165, 1.54) is 4.90 Å². The maximum atomic E-state index is 12.5. The van der Waals surface area contributed by atoms with Crippen molar-refractivity contribution in [2.24, 2.45) is 0 Å². The molecular formula is C17H26N2O8. The molecule has 0 aromatic rings. The van der Waals surface area contributed by atoms with Crippen LogP contribution in [0.2, 0.25) is 0 Å². The van der Waals surface area contributed by atoms with Crippen molar-refractivity contribution in [2.75, 3.05) is 26.8 Å². The van der Waals surface area contributed by atoms with Crippen molar-refractivity contribution in [3.8, 4) is 0 Å². The van der Waals surface area contributed by atoms with Gasteiger partial charge in [-0.15, -0.1) is 0 Å². The summed E-state index contributed by atoms with van der Waals surface area (Å²) >= 11 is 0. The molecule has 0 radical (unpaired) electrons. The predicted molar refractivity (Wildman–Crippen MR) is 92.3 cm³/mol. The first-order chi connectivity index (χ1) is 12.5. The number of nitrogens with zero attached hydrogens (tertiary/aromatic N) is 2. The number of hydrogen-bond acceptors (Lipinski definition) is 8. The van der Waals surface area contributed by atoms with E-state index < -0.39 is 48.2 Å². The van der Waals surface area contributed by atoms with E-state index in [9.17, 15) is 29.4 Å². The van der Waals surface area contributed by atoms with E-state index in [1.54, 1.807) is 20.8 Å². The number of urea groups is 1. The van der Waals surface area contributed by atoms with Crippen LogP contribution in [0.4, 0.5) is 4.79 Å². The predicted octanol–water partition coefficient (Wildman–Crippen LogP) is -0.567. The first-order valence-electron chi connectivity index (χ1n) is 8.47. The lowest BCUT2D eigenvalue weighted by atomic mass is 10.0. The first-order valence-corrected chi connectivity index (χ1v) is 8.47. The highest BCUT2D eigenvalue weighted by Crippen LogP contribution is 2.28. The summed E-state index contributed by atoms with van der Waals surface area (Å²) < 4.78 is 9.07. The van der Waals surface area contributed by atoms with Gasteiger partial charge in [0.15, 0.2) is 0 Å². The molecule has 0 aromatic carbocycles. The summed E-state index contributed by atoms with van der Waals surface area (Å²) in [5.41, 5.74) is -1.16. The van der Waals surface area contributed by atoms with Crippen LogP contribution in [0, 0.1) is 0 Å². The van der Waals surface area contributed by atoms with Gasteiger partial charge in [0.05, 0.1) is 19.8 Å². The summed E-state index contributed by atoms with van der Waals surface area (Å²) in [4.78, 5) is 49.4. The molecule has 152 valence electrons. The van der Waals surface area contributed by atoms with Gasteiger partial charge in [0.2, 0.25) is 0 Å². The lowest BCUT2D eigenvalue weighted by molar-refractivity contribution is -0.142. The number of aliphatic hydroxyl groups is 2. The van der Waals surface area contributed by atoms with Gasteiger partial charge in [0, 0.05) is 18.7 Å². The molecule has 0 saturated carbocycles. The number of rotatable bonds is 9. The number of carbonyl (C=O) groups excluding carboxylic acids is 4. The molecule has 10 heteroatoms. The summed E-state index contributed by atoms with van der Waals surface area (Å²) in [6.07, 6.45) is 0.0448. The minimum absolute atomic E-state index is 0.00597. The second-order valence-corrected chi connectivity index (χ2v) is 6.57. The van der Waals surface area contributed by atoms with E-state index in [-0.39, 0.29) is 13.1 Å². The van der Waals surface area contributed by atoms with E-state index in [0.717, 1.165) is 24.2 Å². The molecule has 0 aliphatic carbocycles. The van der Waals surface area contributed by atoms with Crippen LogP contribution >= 0.6 is 0 Å². The van der Waals surface area contributed by atoms with Crippen molar-refractivity contribution in [2.45, 2.75) is 44.9 Å². The molecule has 2 N–H and O–H groups in total. The summed E-state index contributed by atoms with van der Waals surface area (Å²) in [7, 11) is 1.15. The summed E-state index contributed by atoms with van der Waals surface area (Å²) in [6.45, 7) is 4.02. The molecule has 3 amide bonds. The molecule has 1 fully saturated rings. The average Bonchev–Trinajstić information content (AvgIpc) is 2.78. The monoisotopic (exact) mass is 386 g/mol. The molecule has 1 saturated heterocycles. The molecule has 2 unspecified atom stereocenters. The third-order valence-electron chi connectivity index (χ3n) is 4.14. The van der Waals surface area contributed by atoms with Crippen LogP contribution in [0.15, 0.2) is 12.2 Å². The fourth-order valence-corrected chi connectivity index (χ4v) is 2.42. The Morgan fingerprint density at radius 2 is 1.70 bits per heavy atom. The normalized spacial score (nSPS) is 18.7. The first kappa shape index (κ1) is 22.6. The maximum absolute atomic E-state index is 12.5. The number of β-amino-alcohol motifs (C(OH)–C–C–N with tert-alkyl or cyclic N) is 2. The van der Waals surface area contributed by atoms with Crippen molar-refractivity contribution in [3.05, 3.63) is 12.2 Å². The molecule has 10 nitrogen and oxygen atoms in total. The Balaban J connectivity index is 2.65. The fourth-order valence-electron chi connectivity index (χ4n) is 2.42. The molecule has 27 heavy (non-hydrogen) atoms. The highest BCUT2D eigenvalue weighted by molar-refractivity contribution is 6.06. The lowest BCUT2D eigenvalue weighted by Crippen LogP contribution is -2.47. The van der Waals surface area contributed by atoms with E-state index in [2.05, 4.69) is 4.74 Å². The van der Waals surface area contributed by atoms with Gasteiger partial charge in [-0.2, -0.15) is 0 Å². The van der Waals surface area contributed by atoms with Gasteiger partial charge in [0.1, 0.15) is 18.2 Å². The second-order valence-electron chi connectivity index (χ2n) is 6.57. The van der Waals surface area contributed by atoms with Crippen molar-refractivity contribution < 1.29 is 38.9 Å². The number of hydrogen-bond donors (Lipinski definition) is 2. The molecule has 0 spiro atoms. The summed E-state index contributed by atoms with van der Waals surface area (Å²) in [5.74, 6) is -2.14. The molecule has 0 bridgehead atoms. The minimum Gasteiger partial charge on any atom is -0.466 e. The fraction of sp³-hybridized carbons (Fsp3) is 0.647. The Labute approximate surface area is 157 Å². The van der Waals surface area contributed by atoms with Crippen LogP contribution in [-0.2, 0) is 23.9 Å². The molecule has 1 aliphatic rings. The van der Waals surface area contributed by atoms with Crippen molar-refractivity contribution in [3.63, 3.8) is 0 Å². The lowest BCUT2D eigenvalue weighted by Gasteiger charge is -2.29.